The van der Waals surface area contributed by atoms with Gasteiger partial charge in [-0.1, -0.05) is 97.1 Å². The van der Waals surface area contributed by atoms with Crippen LogP contribution < -0.4 is 0 Å². The molecule has 0 aliphatic carbocycles. The van der Waals surface area contributed by atoms with E-state index in [1.165, 1.54) is 31.6 Å². The fraction of sp³-hybridized carbons (Fsp3) is 0. The first-order valence-corrected chi connectivity index (χ1v) is 16.6. The Labute approximate surface area is 271 Å². The Morgan fingerprint density at radius 2 is 1.17 bits per heavy atom. The summed E-state index contributed by atoms with van der Waals surface area (Å²) in [5, 5.41) is 11.6. The second-order valence-corrected chi connectivity index (χ2v) is 13.2. The van der Waals surface area contributed by atoms with E-state index in [4.69, 9.17) is 14.4 Å². The van der Waals surface area contributed by atoms with Crippen LogP contribution in [0.3, 0.4) is 0 Å². The third kappa shape index (κ3) is 3.52. The van der Waals surface area contributed by atoms with Gasteiger partial charge < -0.3 is 4.42 Å². The van der Waals surface area contributed by atoms with Crippen molar-refractivity contribution in [3.05, 3.63) is 140 Å². The highest BCUT2D eigenvalue weighted by Crippen LogP contribution is 2.44. The van der Waals surface area contributed by atoms with Crippen LogP contribution in [0.1, 0.15) is 0 Å². The first-order chi connectivity index (χ1) is 23.3. The van der Waals surface area contributed by atoms with Crippen LogP contribution in [0.25, 0.3) is 103 Å². The number of hydrogen-bond donors (Lipinski definition) is 0. The molecular weight excluding hydrogens is 595 g/mol. The molecule has 0 radical (unpaired) electrons. The fourth-order valence-electron chi connectivity index (χ4n) is 7.48. The molecule has 0 unspecified atom stereocenters. The Hall–Kier alpha value is -6.04. The van der Waals surface area contributed by atoms with Crippen molar-refractivity contribution in [3.63, 3.8) is 0 Å². The van der Waals surface area contributed by atoms with Crippen molar-refractivity contribution in [1.82, 2.24) is 14.5 Å². The normalized spacial score (nSPS) is 12.3. The van der Waals surface area contributed by atoms with E-state index >= 15 is 0 Å². The second-order valence-electron chi connectivity index (χ2n) is 12.2. The molecule has 4 heterocycles. The SMILES string of the molecule is c1ccc(-c2nc(-n3c4cc5ccccc5cc4c4c5c(ccc43)oc3cc4ccccc4cc35)nc3sc4ccccc4c23)cc1. The van der Waals surface area contributed by atoms with Crippen molar-refractivity contribution in [1.29, 1.82) is 0 Å². The zero-order valence-electron chi connectivity index (χ0n) is 24.9. The van der Waals surface area contributed by atoms with Gasteiger partial charge >= 0.3 is 0 Å². The van der Waals surface area contributed by atoms with E-state index in [0.717, 1.165) is 65.2 Å². The summed E-state index contributed by atoms with van der Waals surface area (Å²) in [6, 6.07) is 49.4. The molecule has 0 aliphatic rings. The molecule has 0 aliphatic heterocycles. The Bertz CT molecular complexity index is 3080. The van der Waals surface area contributed by atoms with Crippen molar-refractivity contribution in [2.45, 2.75) is 0 Å². The lowest BCUT2D eigenvalue weighted by atomic mass is 10.0. The van der Waals surface area contributed by atoms with Crippen molar-refractivity contribution in [2.24, 2.45) is 0 Å². The molecule has 0 N–H and O–H groups in total. The van der Waals surface area contributed by atoms with Crippen LogP contribution in [0.15, 0.2) is 144 Å². The molecule has 47 heavy (non-hydrogen) atoms. The van der Waals surface area contributed by atoms with Crippen LogP contribution in [0.2, 0.25) is 0 Å². The van der Waals surface area contributed by atoms with E-state index in [0.29, 0.717) is 5.95 Å². The van der Waals surface area contributed by atoms with Gasteiger partial charge in [0.1, 0.15) is 16.0 Å². The summed E-state index contributed by atoms with van der Waals surface area (Å²) in [4.78, 5) is 11.7. The molecule has 4 nitrogen and oxygen atoms in total. The van der Waals surface area contributed by atoms with E-state index in [-0.39, 0.29) is 0 Å². The standard InChI is InChI=1S/C42H23N3OS/c1-2-10-24(11-3-1)40-39-29-16-8-9-17-36(29)47-41(39)44-42(43-40)45-32-18-19-34-38(31-21-26-13-5-7-15-28(26)23-35(31)46-34)37(32)30-20-25-12-4-6-14-27(25)22-33(30)45/h1-23H. The minimum Gasteiger partial charge on any atom is -0.456 e. The third-order valence-corrected chi connectivity index (χ3v) is 10.6. The Balaban J connectivity index is 1.33. The lowest BCUT2D eigenvalue weighted by Crippen LogP contribution is -2.02. The predicted molar refractivity (Wildman–Crippen MR) is 197 cm³/mol. The number of nitrogens with zero attached hydrogens (tertiary/aromatic N) is 3. The number of fused-ring (bicyclic) bond motifs is 12. The molecule has 0 fully saturated rings. The third-order valence-electron chi connectivity index (χ3n) is 9.57. The summed E-state index contributed by atoms with van der Waals surface area (Å²) in [5.41, 5.74) is 5.91. The van der Waals surface area contributed by atoms with Crippen LogP contribution in [0.4, 0.5) is 0 Å². The van der Waals surface area contributed by atoms with Crippen LogP contribution in [-0.4, -0.2) is 14.5 Å². The molecule has 218 valence electrons. The zero-order valence-corrected chi connectivity index (χ0v) is 25.8. The highest BCUT2D eigenvalue weighted by molar-refractivity contribution is 7.25. The molecule has 5 heteroatoms. The summed E-state index contributed by atoms with van der Waals surface area (Å²) in [6.07, 6.45) is 0. The minimum atomic E-state index is 0.663. The lowest BCUT2D eigenvalue weighted by molar-refractivity contribution is 0.669. The first-order valence-electron chi connectivity index (χ1n) is 15.7. The smallest absolute Gasteiger partial charge is 0.236 e. The monoisotopic (exact) mass is 617 g/mol. The van der Waals surface area contributed by atoms with Gasteiger partial charge in [-0.05, 0) is 64.0 Å². The number of rotatable bonds is 2. The summed E-state index contributed by atoms with van der Waals surface area (Å²) in [6.45, 7) is 0. The number of aromatic nitrogens is 3. The van der Waals surface area contributed by atoms with Crippen LogP contribution in [-0.2, 0) is 0 Å². The van der Waals surface area contributed by atoms with Crippen molar-refractivity contribution >= 4 is 96.9 Å². The first kappa shape index (κ1) is 25.2. The van der Waals surface area contributed by atoms with E-state index < -0.39 is 0 Å². The molecule has 0 saturated carbocycles. The van der Waals surface area contributed by atoms with Gasteiger partial charge in [-0.25, -0.2) is 9.97 Å². The van der Waals surface area contributed by atoms with Gasteiger partial charge in [0.2, 0.25) is 5.95 Å². The molecule has 0 bridgehead atoms. The summed E-state index contributed by atoms with van der Waals surface area (Å²) in [7, 11) is 0. The van der Waals surface area contributed by atoms with E-state index in [9.17, 15) is 0 Å². The second kappa shape index (κ2) is 9.25. The van der Waals surface area contributed by atoms with Gasteiger partial charge in [0.15, 0.2) is 0 Å². The Morgan fingerprint density at radius 1 is 0.489 bits per heavy atom. The van der Waals surface area contributed by atoms with Gasteiger partial charge in [0.05, 0.1) is 16.7 Å². The molecule has 4 aromatic heterocycles. The highest BCUT2D eigenvalue weighted by atomic mass is 32.1. The molecule has 11 aromatic rings. The summed E-state index contributed by atoms with van der Waals surface area (Å²) < 4.78 is 10.0. The maximum atomic E-state index is 6.55. The summed E-state index contributed by atoms with van der Waals surface area (Å²) in [5.74, 6) is 0.663. The highest BCUT2D eigenvalue weighted by Gasteiger charge is 2.23. The maximum absolute atomic E-state index is 6.55. The Kier molecular flexibility index (Phi) is 4.96. The van der Waals surface area contributed by atoms with Gasteiger partial charge in [-0.3, -0.25) is 4.57 Å². The quantitative estimate of drug-likeness (QED) is 0.194. The summed E-state index contributed by atoms with van der Waals surface area (Å²) >= 11 is 1.72. The number of furan rings is 1. The van der Waals surface area contributed by atoms with Crippen molar-refractivity contribution < 1.29 is 4.42 Å². The molecule has 0 spiro atoms. The molecule has 0 amide bonds. The molecular formula is C42H23N3OS. The van der Waals surface area contributed by atoms with E-state index in [2.05, 4.69) is 144 Å². The Morgan fingerprint density at radius 3 is 1.98 bits per heavy atom. The van der Waals surface area contributed by atoms with Crippen LogP contribution >= 0.6 is 11.3 Å². The van der Waals surface area contributed by atoms with E-state index in [1.807, 2.05) is 0 Å². The largest absolute Gasteiger partial charge is 0.456 e. The molecule has 0 saturated heterocycles. The number of benzene rings is 7. The number of thiophene rings is 1. The molecule has 7 aromatic carbocycles. The van der Waals surface area contributed by atoms with Crippen molar-refractivity contribution in [3.8, 4) is 17.2 Å². The zero-order chi connectivity index (χ0) is 30.6. The van der Waals surface area contributed by atoms with Gasteiger partial charge in [-0.15, -0.1) is 11.3 Å². The van der Waals surface area contributed by atoms with Crippen LogP contribution in [0, 0.1) is 0 Å². The molecule has 11 rings (SSSR count). The van der Waals surface area contributed by atoms with Crippen molar-refractivity contribution in [2.75, 3.05) is 0 Å². The van der Waals surface area contributed by atoms with Gasteiger partial charge in [0.25, 0.3) is 0 Å². The average Bonchev–Trinajstić information content (AvgIpc) is 3.78. The number of hydrogen-bond acceptors (Lipinski definition) is 4. The minimum absolute atomic E-state index is 0.663. The van der Waals surface area contributed by atoms with Crippen LogP contribution in [0.5, 0.6) is 0 Å². The lowest BCUT2D eigenvalue weighted by Gasteiger charge is -2.10. The van der Waals surface area contributed by atoms with E-state index in [1.54, 1.807) is 11.3 Å². The van der Waals surface area contributed by atoms with Gasteiger partial charge in [0, 0.05) is 42.6 Å². The fourth-order valence-corrected chi connectivity index (χ4v) is 8.55. The average molecular weight is 618 g/mol. The maximum Gasteiger partial charge on any atom is 0.236 e. The van der Waals surface area contributed by atoms with Gasteiger partial charge in [-0.2, -0.15) is 0 Å². The topological polar surface area (TPSA) is 43.9 Å². The molecule has 0 atom stereocenters. The predicted octanol–water partition coefficient (Wildman–Crippen LogP) is 11.8.